The summed E-state index contributed by atoms with van der Waals surface area (Å²) >= 11 is 0. The van der Waals surface area contributed by atoms with Crippen LogP contribution in [0.3, 0.4) is 0 Å². The van der Waals surface area contributed by atoms with Crippen molar-refractivity contribution in [2.45, 2.75) is 36.2 Å². The molecule has 1 aromatic rings. The molecule has 3 N–H and O–H groups in total. The van der Waals surface area contributed by atoms with E-state index in [1.807, 2.05) is 0 Å². The third kappa shape index (κ3) is 3.58. The maximum absolute atomic E-state index is 13.6. The highest BCUT2D eigenvalue weighted by Gasteiger charge is 2.39. The van der Waals surface area contributed by atoms with E-state index in [-0.39, 0.29) is 17.0 Å². The van der Waals surface area contributed by atoms with Gasteiger partial charge in [-0.2, -0.15) is 0 Å². The van der Waals surface area contributed by atoms with Crippen LogP contribution in [0.15, 0.2) is 23.1 Å². The van der Waals surface area contributed by atoms with Crippen molar-refractivity contribution >= 4 is 21.6 Å². The molecule has 2 rings (SSSR count). The number of hydrogen-bond donors (Lipinski definition) is 2. The molecular weight excluding hydrogens is 299 g/mol. The summed E-state index contributed by atoms with van der Waals surface area (Å²) in [7, 11) is -2.42. The number of benzene rings is 1. The standard InChI is InChI=1S/C13H17FN2O4S/c1-20-13(5-2-6-13)8-12(17)16-11-7-9(21(15,18)19)3-4-10(11)14/h3-4,7H,2,5-6,8H2,1H3,(H,16,17)(H2,15,18,19). The Hall–Kier alpha value is -1.51. The van der Waals surface area contributed by atoms with Crippen molar-refractivity contribution < 1.29 is 22.3 Å². The van der Waals surface area contributed by atoms with Crippen LogP contribution in [0.25, 0.3) is 0 Å². The summed E-state index contributed by atoms with van der Waals surface area (Å²) in [5.41, 5.74) is -0.699. The van der Waals surface area contributed by atoms with Crippen LogP contribution in [0, 0.1) is 5.82 Å². The molecule has 8 heteroatoms. The van der Waals surface area contributed by atoms with Crippen LogP contribution in [0.1, 0.15) is 25.7 Å². The molecule has 0 atom stereocenters. The fraction of sp³-hybridized carbons (Fsp3) is 0.462. The minimum Gasteiger partial charge on any atom is -0.378 e. The molecule has 0 bridgehead atoms. The molecule has 116 valence electrons. The van der Waals surface area contributed by atoms with E-state index in [4.69, 9.17) is 9.88 Å². The van der Waals surface area contributed by atoms with E-state index < -0.39 is 27.3 Å². The predicted molar refractivity (Wildman–Crippen MR) is 74.6 cm³/mol. The number of nitrogens with one attached hydrogen (secondary N) is 1. The van der Waals surface area contributed by atoms with E-state index in [9.17, 15) is 17.6 Å². The number of carbonyl (C=O) groups excluding carboxylic acids is 1. The van der Waals surface area contributed by atoms with Crippen LogP contribution >= 0.6 is 0 Å². The average molecular weight is 316 g/mol. The van der Waals surface area contributed by atoms with Gasteiger partial charge in [-0.3, -0.25) is 4.79 Å². The van der Waals surface area contributed by atoms with Crippen LogP contribution in [0.4, 0.5) is 10.1 Å². The number of carbonyl (C=O) groups is 1. The van der Waals surface area contributed by atoms with E-state index in [1.54, 1.807) is 0 Å². The minimum absolute atomic E-state index is 0.0997. The third-order valence-electron chi connectivity index (χ3n) is 3.72. The second kappa shape index (κ2) is 5.70. The molecule has 0 radical (unpaired) electrons. The quantitative estimate of drug-likeness (QED) is 0.857. The number of hydrogen-bond acceptors (Lipinski definition) is 4. The molecule has 1 aliphatic rings. The zero-order chi connectivity index (χ0) is 15.7. The lowest BCUT2D eigenvalue weighted by molar-refractivity contribution is -0.129. The molecule has 0 aromatic heterocycles. The van der Waals surface area contributed by atoms with Gasteiger partial charge < -0.3 is 10.1 Å². The first kappa shape index (κ1) is 15.9. The Balaban J connectivity index is 2.13. The number of anilines is 1. The number of rotatable bonds is 5. The van der Waals surface area contributed by atoms with Crippen LogP contribution in [-0.2, 0) is 19.6 Å². The molecule has 1 aliphatic carbocycles. The van der Waals surface area contributed by atoms with Crippen LogP contribution in [0.2, 0.25) is 0 Å². The Bertz CT molecular complexity index is 651. The first-order valence-corrected chi connectivity index (χ1v) is 7.98. The van der Waals surface area contributed by atoms with Gasteiger partial charge in [-0.15, -0.1) is 0 Å². The Morgan fingerprint density at radius 1 is 1.48 bits per heavy atom. The van der Waals surface area contributed by atoms with Crippen molar-refractivity contribution in [3.63, 3.8) is 0 Å². The molecule has 1 aromatic carbocycles. The first-order valence-electron chi connectivity index (χ1n) is 6.43. The normalized spacial score (nSPS) is 17.1. The average Bonchev–Trinajstić information content (AvgIpc) is 2.35. The maximum atomic E-state index is 13.6. The Morgan fingerprint density at radius 3 is 2.62 bits per heavy atom. The van der Waals surface area contributed by atoms with Crippen molar-refractivity contribution in [2.75, 3.05) is 12.4 Å². The SMILES string of the molecule is COC1(CC(=O)Nc2cc(S(N)(=O)=O)ccc2F)CCC1. The summed E-state index contributed by atoms with van der Waals surface area (Å²) in [6.07, 6.45) is 2.63. The van der Waals surface area contributed by atoms with E-state index in [0.717, 1.165) is 37.5 Å². The number of amides is 1. The van der Waals surface area contributed by atoms with E-state index in [0.29, 0.717) is 0 Å². The van der Waals surface area contributed by atoms with Gasteiger partial charge in [0, 0.05) is 7.11 Å². The highest BCUT2D eigenvalue weighted by molar-refractivity contribution is 7.89. The fourth-order valence-electron chi connectivity index (χ4n) is 2.29. The monoisotopic (exact) mass is 316 g/mol. The topological polar surface area (TPSA) is 98.5 Å². The number of ether oxygens (including phenoxy) is 1. The van der Waals surface area contributed by atoms with Gasteiger partial charge in [0.2, 0.25) is 15.9 Å². The highest BCUT2D eigenvalue weighted by atomic mass is 32.2. The van der Waals surface area contributed by atoms with Gasteiger partial charge in [-0.25, -0.2) is 17.9 Å². The number of methoxy groups -OCH3 is 1. The lowest BCUT2D eigenvalue weighted by Crippen LogP contribution is -2.42. The molecule has 1 fully saturated rings. The molecular formula is C13H17FN2O4S. The van der Waals surface area contributed by atoms with Gasteiger partial charge in [0.1, 0.15) is 5.82 Å². The predicted octanol–water partition coefficient (Wildman–Crippen LogP) is 1.37. The van der Waals surface area contributed by atoms with E-state index >= 15 is 0 Å². The van der Waals surface area contributed by atoms with Crippen molar-refractivity contribution in [1.82, 2.24) is 0 Å². The van der Waals surface area contributed by atoms with Crippen LogP contribution in [-0.4, -0.2) is 27.0 Å². The smallest absolute Gasteiger partial charge is 0.238 e. The van der Waals surface area contributed by atoms with Gasteiger partial charge in [0.05, 0.1) is 22.6 Å². The van der Waals surface area contributed by atoms with Crippen LogP contribution in [0.5, 0.6) is 0 Å². The first-order chi connectivity index (χ1) is 9.76. The molecule has 21 heavy (non-hydrogen) atoms. The molecule has 0 heterocycles. The molecule has 1 amide bonds. The summed E-state index contributed by atoms with van der Waals surface area (Å²) in [5.74, 6) is -1.15. The van der Waals surface area contributed by atoms with Gasteiger partial charge in [0.15, 0.2) is 0 Å². The Kier molecular flexibility index (Phi) is 4.31. The number of nitrogens with two attached hydrogens (primary N) is 1. The summed E-state index contributed by atoms with van der Waals surface area (Å²) in [4.78, 5) is 11.7. The number of primary sulfonamides is 1. The highest BCUT2D eigenvalue weighted by Crippen LogP contribution is 2.38. The molecule has 1 saturated carbocycles. The molecule has 6 nitrogen and oxygen atoms in total. The largest absolute Gasteiger partial charge is 0.378 e. The minimum atomic E-state index is -3.95. The lowest BCUT2D eigenvalue weighted by atomic mass is 9.77. The fourth-order valence-corrected chi connectivity index (χ4v) is 2.83. The number of sulfonamides is 1. The van der Waals surface area contributed by atoms with Gasteiger partial charge in [-0.1, -0.05) is 0 Å². The van der Waals surface area contributed by atoms with Crippen molar-refractivity contribution in [2.24, 2.45) is 5.14 Å². The zero-order valence-electron chi connectivity index (χ0n) is 11.6. The molecule has 0 unspecified atom stereocenters. The van der Waals surface area contributed by atoms with Crippen molar-refractivity contribution in [3.8, 4) is 0 Å². The summed E-state index contributed by atoms with van der Waals surface area (Å²) in [5, 5.41) is 7.34. The third-order valence-corrected chi connectivity index (χ3v) is 4.63. The van der Waals surface area contributed by atoms with Crippen LogP contribution < -0.4 is 10.5 Å². The van der Waals surface area contributed by atoms with E-state index in [1.165, 1.54) is 7.11 Å². The summed E-state index contributed by atoms with van der Waals surface area (Å²) in [6.45, 7) is 0. The molecule has 0 aliphatic heterocycles. The second-order valence-corrected chi connectivity index (χ2v) is 6.71. The van der Waals surface area contributed by atoms with Crippen molar-refractivity contribution in [3.05, 3.63) is 24.0 Å². The van der Waals surface area contributed by atoms with Gasteiger partial charge >= 0.3 is 0 Å². The molecule has 0 saturated heterocycles. The van der Waals surface area contributed by atoms with Gasteiger partial charge in [0.25, 0.3) is 0 Å². The molecule has 0 spiro atoms. The Labute approximate surface area is 122 Å². The number of halogens is 1. The van der Waals surface area contributed by atoms with E-state index in [2.05, 4.69) is 5.32 Å². The Morgan fingerprint density at radius 2 is 2.14 bits per heavy atom. The van der Waals surface area contributed by atoms with Gasteiger partial charge in [-0.05, 0) is 37.5 Å². The zero-order valence-corrected chi connectivity index (χ0v) is 12.4. The van der Waals surface area contributed by atoms with Crippen molar-refractivity contribution in [1.29, 1.82) is 0 Å². The lowest BCUT2D eigenvalue weighted by Gasteiger charge is -2.39. The summed E-state index contributed by atoms with van der Waals surface area (Å²) in [6, 6.07) is 3.00. The maximum Gasteiger partial charge on any atom is 0.238 e. The summed E-state index contributed by atoms with van der Waals surface area (Å²) < 4.78 is 41.4. The second-order valence-electron chi connectivity index (χ2n) is 5.15.